The molecule has 2 aromatic carbocycles. The van der Waals surface area contributed by atoms with Gasteiger partial charge in [-0.05, 0) is 24.5 Å². The number of hydrogen-bond donors (Lipinski definition) is 2. The highest BCUT2D eigenvalue weighted by Gasteiger charge is 2.37. The first-order chi connectivity index (χ1) is 15.2. The van der Waals surface area contributed by atoms with E-state index in [2.05, 4.69) is 43.7 Å². The highest BCUT2D eigenvalue weighted by Crippen LogP contribution is 2.33. The Balaban J connectivity index is 1.24. The van der Waals surface area contributed by atoms with Crippen molar-refractivity contribution in [3.05, 3.63) is 78.1 Å². The number of anilines is 1. The van der Waals surface area contributed by atoms with Crippen LogP contribution in [-0.2, 0) is 17.9 Å². The Morgan fingerprint density at radius 1 is 0.935 bits per heavy atom. The summed E-state index contributed by atoms with van der Waals surface area (Å²) in [6.07, 6.45) is 6.23. The maximum absolute atomic E-state index is 12.5. The Morgan fingerprint density at radius 3 is 2.42 bits per heavy atom. The van der Waals surface area contributed by atoms with Gasteiger partial charge < -0.3 is 10.6 Å². The Kier molecular flexibility index (Phi) is 5.38. The number of rotatable bonds is 3. The summed E-state index contributed by atoms with van der Waals surface area (Å²) in [5, 5.41) is 6.82. The third-order valence-corrected chi connectivity index (χ3v) is 6.35. The van der Waals surface area contributed by atoms with Crippen LogP contribution in [0.15, 0.2) is 67.0 Å². The molecule has 158 valence electrons. The number of hydrogen-bond acceptors (Lipinski definition) is 5. The number of benzene rings is 2. The predicted molar refractivity (Wildman–Crippen MR) is 121 cm³/mol. The van der Waals surface area contributed by atoms with Gasteiger partial charge in [-0.1, -0.05) is 48.5 Å². The number of likely N-dealkylation sites (tertiary alicyclic amines) is 1. The van der Waals surface area contributed by atoms with Gasteiger partial charge in [0.2, 0.25) is 5.91 Å². The van der Waals surface area contributed by atoms with E-state index in [0.717, 1.165) is 60.7 Å². The highest BCUT2D eigenvalue weighted by molar-refractivity contribution is 5.79. The molecule has 1 fully saturated rings. The molecule has 1 spiro atoms. The zero-order valence-electron chi connectivity index (χ0n) is 17.6. The van der Waals surface area contributed by atoms with Crippen LogP contribution >= 0.6 is 0 Å². The number of nitrogens with zero attached hydrogens (tertiary/aromatic N) is 3. The minimum Gasteiger partial charge on any atom is -0.379 e. The summed E-state index contributed by atoms with van der Waals surface area (Å²) in [4.78, 5) is 24.0. The van der Waals surface area contributed by atoms with Gasteiger partial charge in [0.15, 0.2) is 5.82 Å². The lowest BCUT2D eigenvalue weighted by molar-refractivity contribution is -0.122. The largest absolute Gasteiger partial charge is 0.379 e. The maximum Gasteiger partial charge on any atom is 0.222 e. The second-order valence-corrected chi connectivity index (χ2v) is 8.57. The van der Waals surface area contributed by atoms with E-state index in [0.29, 0.717) is 13.0 Å². The second-order valence-electron chi connectivity index (χ2n) is 8.57. The Hall–Kier alpha value is -3.25. The lowest BCUT2D eigenvalue weighted by atomic mass is 9.82. The maximum atomic E-state index is 12.5. The summed E-state index contributed by atoms with van der Waals surface area (Å²) in [6, 6.07) is 18.3. The minimum absolute atomic E-state index is 0.125. The molecule has 3 aromatic rings. The molecule has 6 heteroatoms. The smallest absolute Gasteiger partial charge is 0.222 e. The zero-order valence-corrected chi connectivity index (χ0v) is 17.6. The van der Waals surface area contributed by atoms with Crippen LogP contribution in [0.3, 0.4) is 0 Å². The number of fused-ring (bicyclic) bond motifs is 1. The molecule has 0 unspecified atom stereocenters. The van der Waals surface area contributed by atoms with Crippen molar-refractivity contribution in [1.82, 2.24) is 20.2 Å². The van der Waals surface area contributed by atoms with Crippen LogP contribution in [0.2, 0.25) is 0 Å². The molecule has 0 aliphatic carbocycles. The Morgan fingerprint density at radius 2 is 1.65 bits per heavy atom. The third kappa shape index (κ3) is 4.44. The van der Waals surface area contributed by atoms with Gasteiger partial charge in [-0.15, -0.1) is 0 Å². The first-order valence-electron chi connectivity index (χ1n) is 10.9. The fourth-order valence-electron chi connectivity index (χ4n) is 4.56. The molecule has 0 saturated carbocycles. The fraction of sp³-hybridized carbons (Fsp3) is 0.320. The van der Waals surface area contributed by atoms with Crippen molar-refractivity contribution >= 4 is 11.6 Å². The van der Waals surface area contributed by atoms with E-state index in [4.69, 9.17) is 0 Å². The summed E-state index contributed by atoms with van der Waals surface area (Å²) in [5.74, 6) is 0.880. The molecule has 3 heterocycles. The van der Waals surface area contributed by atoms with Crippen molar-refractivity contribution in [1.29, 1.82) is 0 Å². The van der Waals surface area contributed by atoms with Crippen LogP contribution in [0.4, 0.5) is 5.69 Å². The molecule has 1 aromatic heterocycles. The summed E-state index contributed by atoms with van der Waals surface area (Å²) in [7, 11) is 0. The van der Waals surface area contributed by atoms with E-state index in [1.54, 1.807) is 0 Å². The number of aromatic nitrogens is 2. The van der Waals surface area contributed by atoms with Crippen molar-refractivity contribution in [2.75, 3.05) is 18.4 Å². The number of piperidine rings is 1. The summed E-state index contributed by atoms with van der Waals surface area (Å²) >= 11 is 0. The van der Waals surface area contributed by atoms with Crippen molar-refractivity contribution in [2.24, 2.45) is 0 Å². The molecular weight excluding hydrogens is 386 g/mol. The van der Waals surface area contributed by atoms with Crippen LogP contribution in [-0.4, -0.2) is 39.4 Å². The number of carbonyl (C=O) groups is 1. The first-order valence-corrected chi connectivity index (χ1v) is 10.9. The van der Waals surface area contributed by atoms with Crippen molar-refractivity contribution in [3.8, 4) is 11.4 Å². The van der Waals surface area contributed by atoms with E-state index in [1.807, 2.05) is 48.8 Å². The van der Waals surface area contributed by atoms with Crippen molar-refractivity contribution in [2.45, 2.75) is 37.9 Å². The summed E-state index contributed by atoms with van der Waals surface area (Å²) in [5.41, 5.74) is 4.24. The molecule has 0 atom stereocenters. The van der Waals surface area contributed by atoms with Crippen LogP contribution < -0.4 is 10.6 Å². The molecule has 6 nitrogen and oxygen atoms in total. The normalized spacial score (nSPS) is 18.4. The quantitative estimate of drug-likeness (QED) is 0.687. The van der Waals surface area contributed by atoms with E-state index >= 15 is 0 Å². The van der Waals surface area contributed by atoms with Gasteiger partial charge >= 0.3 is 0 Å². The topological polar surface area (TPSA) is 70.2 Å². The number of amides is 1. The van der Waals surface area contributed by atoms with Gasteiger partial charge in [-0.2, -0.15) is 0 Å². The summed E-state index contributed by atoms with van der Waals surface area (Å²) < 4.78 is 0. The van der Waals surface area contributed by atoms with Crippen LogP contribution in [0, 0.1) is 0 Å². The molecular formula is C25H27N5O. The number of nitrogens with one attached hydrogen (secondary N) is 2. The van der Waals surface area contributed by atoms with Gasteiger partial charge in [0, 0.05) is 67.3 Å². The molecule has 0 bridgehead atoms. The number of carbonyl (C=O) groups excluding carboxylic acids is 1. The first kappa shape index (κ1) is 19.7. The lowest BCUT2D eigenvalue weighted by Crippen LogP contribution is -2.52. The lowest BCUT2D eigenvalue weighted by Gasteiger charge is -2.44. The molecule has 5 rings (SSSR count). The SMILES string of the molecule is O=C1CC2(CCN(Cc3cnc(-c4ccccc4)nc3)CC2)Nc2ccccc2CN1. The molecule has 2 aliphatic rings. The van der Waals surface area contributed by atoms with Crippen LogP contribution in [0.1, 0.15) is 30.4 Å². The standard InChI is InChI=1S/C25H27N5O/c31-23-14-25(29-22-9-5-4-8-21(22)17-26-23)10-12-30(13-11-25)18-19-15-27-24(28-16-19)20-6-2-1-3-7-20/h1-9,15-16,29H,10-14,17-18H2,(H,26,31). The van der Waals surface area contributed by atoms with Gasteiger partial charge in [0.05, 0.1) is 0 Å². The Bertz CT molecular complexity index is 1040. The molecule has 31 heavy (non-hydrogen) atoms. The highest BCUT2D eigenvalue weighted by atomic mass is 16.1. The third-order valence-electron chi connectivity index (χ3n) is 6.35. The van der Waals surface area contributed by atoms with Gasteiger partial charge in [-0.3, -0.25) is 9.69 Å². The average molecular weight is 414 g/mol. The van der Waals surface area contributed by atoms with E-state index in [9.17, 15) is 4.79 Å². The van der Waals surface area contributed by atoms with Crippen LogP contribution in [0.5, 0.6) is 0 Å². The van der Waals surface area contributed by atoms with Gasteiger partial charge in [0.25, 0.3) is 0 Å². The van der Waals surface area contributed by atoms with Crippen molar-refractivity contribution < 1.29 is 4.79 Å². The molecule has 0 radical (unpaired) electrons. The van der Waals surface area contributed by atoms with Crippen molar-refractivity contribution in [3.63, 3.8) is 0 Å². The monoisotopic (exact) mass is 413 g/mol. The molecule has 1 amide bonds. The van der Waals surface area contributed by atoms with Crippen LogP contribution in [0.25, 0.3) is 11.4 Å². The van der Waals surface area contributed by atoms with Gasteiger partial charge in [0.1, 0.15) is 0 Å². The molecule has 1 saturated heterocycles. The predicted octanol–water partition coefficient (Wildman–Crippen LogP) is 3.61. The molecule has 2 N–H and O–H groups in total. The van der Waals surface area contributed by atoms with E-state index in [1.165, 1.54) is 0 Å². The van der Waals surface area contributed by atoms with E-state index in [-0.39, 0.29) is 11.4 Å². The van der Waals surface area contributed by atoms with E-state index < -0.39 is 0 Å². The Labute approximate surface area is 182 Å². The number of para-hydroxylation sites is 1. The average Bonchev–Trinajstić information content (AvgIpc) is 2.80. The molecule has 2 aliphatic heterocycles. The zero-order chi connectivity index (χ0) is 21.1. The fourth-order valence-corrected chi connectivity index (χ4v) is 4.56. The minimum atomic E-state index is -0.190. The van der Waals surface area contributed by atoms with Gasteiger partial charge in [-0.25, -0.2) is 9.97 Å². The second kappa shape index (κ2) is 8.47. The summed E-state index contributed by atoms with van der Waals surface area (Å²) in [6.45, 7) is 3.28.